The maximum atomic E-state index is 13.0. The highest BCUT2D eigenvalue weighted by Crippen LogP contribution is 2.52. The molecule has 0 spiro atoms. The number of hydrogen-bond donors (Lipinski definition) is 1. The molecule has 1 aliphatic rings. The Bertz CT molecular complexity index is 1210. The second-order valence-corrected chi connectivity index (χ2v) is 8.76. The highest BCUT2D eigenvalue weighted by atomic mass is 79.9. The molecular weight excluding hydrogens is 492 g/mol. The third kappa shape index (κ3) is 3.81. The van der Waals surface area contributed by atoms with Crippen LogP contribution in [-0.2, 0) is 9.47 Å². The van der Waals surface area contributed by atoms with Crippen molar-refractivity contribution < 1.29 is 28.6 Å². The SMILES string of the molecule is COC(=O)c1oc2c(c1C(=O)OC)N(C(C)C)[C@@H](c1ccccn1)[C@@H](O)c1cc(Br)ccc1-2. The lowest BCUT2D eigenvalue weighted by Gasteiger charge is -2.37. The average Bonchev–Trinajstić information content (AvgIpc) is 3.16. The van der Waals surface area contributed by atoms with Gasteiger partial charge in [-0.3, -0.25) is 4.98 Å². The number of nitrogens with zero attached hydrogens (tertiary/aromatic N) is 2. The normalized spacial score (nSPS) is 17.2. The Morgan fingerprint density at radius 2 is 1.88 bits per heavy atom. The van der Waals surface area contributed by atoms with Crippen molar-refractivity contribution in [2.45, 2.75) is 32.0 Å². The number of carbonyl (C=O) groups excluding carboxylic acids is 2. The zero-order valence-electron chi connectivity index (χ0n) is 18.5. The Hall–Kier alpha value is -3.17. The van der Waals surface area contributed by atoms with E-state index in [-0.39, 0.29) is 23.1 Å². The number of methoxy groups -OCH3 is 2. The minimum atomic E-state index is -1.02. The molecule has 0 fully saturated rings. The van der Waals surface area contributed by atoms with Crippen molar-refractivity contribution in [3.8, 4) is 11.3 Å². The van der Waals surface area contributed by atoms with Gasteiger partial charge in [0.15, 0.2) is 5.76 Å². The molecule has 4 rings (SSSR count). The smallest absolute Gasteiger partial charge is 0.374 e. The summed E-state index contributed by atoms with van der Waals surface area (Å²) < 4.78 is 16.7. The summed E-state index contributed by atoms with van der Waals surface area (Å²) in [6, 6.07) is 9.88. The van der Waals surface area contributed by atoms with Gasteiger partial charge in [-0.15, -0.1) is 0 Å². The van der Waals surface area contributed by atoms with Crippen molar-refractivity contribution in [3.63, 3.8) is 0 Å². The van der Waals surface area contributed by atoms with E-state index in [1.807, 2.05) is 30.9 Å². The van der Waals surface area contributed by atoms with Crippen LogP contribution in [0.15, 0.2) is 51.5 Å². The van der Waals surface area contributed by atoms with E-state index < -0.39 is 24.1 Å². The molecule has 3 aromatic rings. The van der Waals surface area contributed by atoms with E-state index in [9.17, 15) is 14.7 Å². The average molecular weight is 515 g/mol. The number of aliphatic hydroxyl groups is 1. The Morgan fingerprint density at radius 3 is 2.48 bits per heavy atom. The van der Waals surface area contributed by atoms with Gasteiger partial charge in [-0.2, -0.15) is 0 Å². The van der Waals surface area contributed by atoms with Gasteiger partial charge in [0, 0.05) is 22.3 Å². The van der Waals surface area contributed by atoms with Crippen LogP contribution in [0.25, 0.3) is 11.3 Å². The number of carbonyl (C=O) groups is 2. The third-order valence-corrected chi connectivity index (χ3v) is 6.12. The molecule has 1 N–H and O–H groups in total. The van der Waals surface area contributed by atoms with Crippen molar-refractivity contribution in [3.05, 3.63) is 69.6 Å². The van der Waals surface area contributed by atoms with Crippen LogP contribution in [0.1, 0.15) is 58.2 Å². The Labute approximate surface area is 199 Å². The molecule has 172 valence electrons. The van der Waals surface area contributed by atoms with E-state index in [1.54, 1.807) is 30.5 Å². The molecule has 8 nitrogen and oxygen atoms in total. The molecule has 0 aliphatic carbocycles. The summed E-state index contributed by atoms with van der Waals surface area (Å²) >= 11 is 3.47. The number of rotatable bonds is 4. The van der Waals surface area contributed by atoms with E-state index in [0.717, 1.165) is 4.47 Å². The zero-order valence-corrected chi connectivity index (χ0v) is 20.1. The molecule has 2 aromatic heterocycles. The van der Waals surface area contributed by atoms with Crippen LogP contribution in [0.4, 0.5) is 5.69 Å². The largest absolute Gasteiger partial charge is 0.465 e. The summed E-state index contributed by atoms with van der Waals surface area (Å²) in [5, 5.41) is 11.6. The lowest BCUT2D eigenvalue weighted by molar-refractivity contribution is 0.0529. The van der Waals surface area contributed by atoms with Crippen molar-refractivity contribution in [1.29, 1.82) is 0 Å². The van der Waals surface area contributed by atoms with Gasteiger partial charge in [-0.25, -0.2) is 9.59 Å². The number of halogens is 1. The fraction of sp³-hybridized carbons (Fsp3) is 0.292. The van der Waals surface area contributed by atoms with Crippen LogP contribution in [0, 0.1) is 0 Å². The van der Waals surface area contributed by atoms with E-state index in [4.69, 9.17) is 13.9 Å². The Morgan fingerprint density at radius 1 is 1.15 bits per heavy atom. The minimum absolute atomic E-state index is 0.0584. The topological polar surface area (TPSA) is 102 Å². The van der Waals surface area contributed by atoms with Gasteiger partial charge >= 0.3 is 11.9 Å². The molecule has 3 heterocycles. The standard InChI is InChI=1S/C24H23BrN2O6/c1-12(2)27-18(16-7-5-6-10-26-16)20(28)15-11-13(25)8-9-14(15)21-19(27)17(23(29)31-3)22(33-21)24(30)32-4/h5-12,18,20,28H,1-4H3/t18-,20-/m0/s1. The fourth-order valence-corrected chi connectivity index (χ4v) is 4.64. The van der Waals surface area contributed by atoms with Gasteiger partial charge < -0.3 is 23.9 Å². The molecule has 0 saturated carbocycles. The van der Waals surface area contributed by atoms with Crippen molar-refractivity contribution in [2.75, 3.05) is 19.1 Å². The van der Waals surface area contributed by atoms with E-state index >= 15 is 0 Å². The molecule has 1 aromatic carbocycles. The monoisotopic (exact) mass is 514 g/mol. The van der Waals surface area contributed by atoms with Crippen LogP contribution in [0.5, 0.6) is 0 Å². The summed E-state index contributed by atoms with van der Waals surface area (Å²) in [5.41, 5.74) is 1.98. The van der Waals surface area contributed by atoms with Crippen LogP contribution >= 0.6 is 15.9 Å². The number of anilines is 1. The molecule has 33 heavy (non-hydrogen) atoms. The van der Waals surface area contributed by atoms with E-state index in [0.29, 0.717) is 22.5 Å². The molecule has 2 atom stereocenters. The van der Waals surface area contributed by atoms with E-state index in [2.05, 4.69) is 20.9 Å². The summed E-state index contributed by atoms with van der Waals surface area (Å²) in [5.74, 6) is -1.55. The number of ether oxygens (including phenoxy) is 2. The Kier molecular flexibility index (Phi) is 6.27. The first-order chi connectivity index (χ1) is 15.8. The number of furan rings is 1. The highest BCUT2D eigenvalue weighted by molar-refractivity contribution is 9.10. The summed E-state index contributed by atoms with van der Waals surface area (Å²) in [6.45, 7) is 3.84. The number of aromatic nitrogens is 1. The predicted octanol–water partition coefficient (Wildman–Crippen LogP) is 4.68. The number of fused-ring (bicyclic) bond motifs is 3. The summed E-state index contributed by atoms with van der Waals surface area (Å²) in [7, 11) is 2.44. The van der Waals surface area contributed by atoms with Crippen molar-refractivity contribution >= 4 is 33.6 Å². The fourth-order valence-electron chi connectivity index (χ4n) is 4.26. The quantitative estimate of drug-likeness (QED) is 0.500. The molecule has 0 radical (unpaired) electrons. The molecule has 1 aliphatic heterocycles. The first kappa shape index (κ1) is 23.0. The third-order valence-electron chi connectivity index (χ3n) is 5.62. The van der Waals surface area contributed by atoms with Gasteiger partial charge in [0.1, 0.15) is 23.4 Å². The lowest BCUT2D eigenvalue weighted by atomic mass is 9.95. The van der Waals surface area contributed by atoms with Crippen molar-refractivity contribution in [2.24, 2.45) is 0 Å². The molecule has 0 amide bonds. The van der Waals surface area contributed by atoms with Gasteiger partial charge in [0.2, 0.25) is 5.76 Å². The van der Waals surface area contributed by atoms with Crippen molar-refractivity contribution in [1.82, 2.24) is 4.98 Å². The number of pyridine rings is 1. The maximum Gasteiger partial charge on any atom is 0.374 e. The second kappa shape index (κ2) is 8.99. The highest BCUT2D eigenvalue weighted by Gasteiger charge is 2.44. The van der Waals surface area contributed by atoms with Gasteiger partial charge in [-0.1, -0.05) is 22.0 Å². The predicted molar refractivity (Wildman–Crippen MR) is 124 cm³/mol. The lowest BCUT2D eigenvalue weighted by Crippen LogP contribution is -2.39. The zero-order chi connectivity index (χ0) is 23.9. The number of aliphatic hydroxyl groups excluding tert-OH is 1. The number of benzene rings is 1. The van der Waals surface area contributed by atoms with Crippen LogP contribution in [-0.4, -0.2) is 42.3 Å². The minimum Gasteiger partial charge on any atom is -0.465 e. The summed E-state index contributed by atoms with van der Waals surface area (Å²) in [4.78, 5) is 31.9. The van der Waals surface area contributed by atoms with Crippen LogP contribution in [0.2, 0.25) is 0 Å². The first-order valence-corrected chi connectivity index (χ1v) is 11.1. The van der Waals surface area contributed by atoms with Gasteiger partial charge in [0.25, 0.3) is 0 Å². The summed E-state index contributed by atoms with van der Waals surface area (Å²) in [6.07, 6.45) is 0.620. The number of esters is 2. The first-order valence-electron chi connectivity index (χ1n) is 10.3. The second-order valence-electron chi connectivity index (χ2n) is 7.84. The molecular formula is C24H23BrN2O6. The number of hydrogen-bond acceptors (Lipinski definition) is 8. The van der Waals surface area contributed by atoms with Gasteiger partial charge in [-0.05, 0) is 49.7 Å². The van der Waals surface area contributed by atoms with E-state index in [1.165, 1.54) is 14.2 Å². The molecule has 9 heteroatoms. The van der Waals surface area contributed by atoms with Gasteiger partial charge in [0.05, 0.1) is 19.9 Å². The van der Waals surface area contributed by atoms with Crippen LogP contribution < -0.4 is 4.90 Å². The maximum absolute atomic E-state index is 13.0. The molecule has 0 saturated heterocycles. The Balaban J connectivity index is 2.15. The molecule has 0 unspecified atom stereocenters. The van der Waals surface area contributed by atoms with Crippen LogP contribution in [0.3, 0.4) is 0 Å². The molecule has 0 bridgehead atoms.